The quantitative estimate of drug-likeness (QED) is 0.391. The average Bonchev–Trinajstić information content (AvgIpc) is 1.36. The monoisotopic (exact) mass is 123 g/mol. The number of aliphatic carboxylic acids is 2. The highest BCUT2D eigenvalue weighted by atomic mass is 16.4. The molecular formula is C3H9NO4. The Morgan fingerprint density at radius 3 is 1.12 bits per heavy atom. The van der Waals surface area contributed by atoms with Crippen LogP contribution in [0.4, 0.5) is 0 Å². The van der Waals surface area contributed by atoms with Crippen LogP contribution in [0.1, 0.15) is 7.43 Å². The number of hydrogen-bond donors (Lipinski definition) is 3. The lowest BCUT2D eigenvalue weighted by Gasteiger charge is -1.72. The molecule has 5 nitrogen and oxygen atoms in total. The van der Waals surface area contributed by atoms with Crippen LogP contribution in [0.3, 0.4) is 0 Å². The molecule has 0 aliphatic heterocycles. The lowest BCUT2D eigenvalue weighted by Crippen LogP contribution is -2.09. The molecule has 8 heavy (non-hydrogen) atoms. The summed E-state index contributed by atoms with van der Waals surface area (Å²) >= 11 is 0. The SMILES string of the molecule is C.N.O=C(O)C(=O)O. The molecule has 0 aromatic rings. The lowest BCUT2D eigenvalue weighted by molar-refractivity contribution is -0.159. The molecule has 0 aromatic carbocycles. The Bertz CT molecular complexity index is 77.3. The van der Waals surface area contributed by atoms with Crippen LogP contribution < -0.4 is 6.15 Å². The van der Waals surface area contributed by atoms with Crippen LogP contribution in [0.25, 0.3) is 0 Å². The van der Waals surface area contributed by atoms with Gasteiger partial charge in [-0.2, -0.15) is 0 Å². The number of rotatable bonds is 0. The first-order chi connectivity index (χ1) is 2.64. The summed E-state index contributed by atoms with van der Waals surface area (Å²) in [7, 11) is 0. The Morgan fingerprint density at radius 2 is 1.12 bits per heavy atom. The van der Waals surface area contributed by atoms with Gasteiger partial charge in [-0.25, -0.2) is 9.59 Å². The van der Waals surface area contributed by atoms with E-state index in [1.54, 1.807) is 0 Å². The molecule has 0 aromatic heterocycles. The normalized spacial score (nSPS) is 5.50. The molecule has 0 saturated carbocycles. The fourth-order valence-corrected chi connectivity index (χ4v) is 0. The van der Waals surface area contributed by atoms with Crippen molar-refractivity contribution in [2.24, 2.45) is 0 Å². The highest BCUT2D eigenvalue weighted by Crippen LogP contribution is 1.56. The number of carbonyl (C=O) groups is 2. The van der Waals surface area contributed by atoms with Crippen molar-refractivity contribution in [1.82, 2.24) is 6.15 Å². The maximum atomic E-state index is 9.10. The van der Waals surface area contributed by atoms with Gasteiger partial charge in [0.1, 0.15) is 0 Å². The Balaban J connectivity index is -0.000000125. The van der Waals surface area contributed by atoms with Gasteiger partial charge in [-0.3, -0.25) is 0 Å². The fourth-order valence-electron chi connectivity index (χ4n) is 0. The van der Waals surface area contributed by atoms with E-state index in [1.165, 1.54) is 0 Å². The van der Waals surface area contributed by atoms with Gasteiger partial charge in [-0.15, -0.1) is 0 Å². The maximum absolute atomic E-state index is 9.10. The van der Waals surface area contributed by atoms with Crippen molar-refractivity contribution in [3.63, 3.8) is 0 Å². The van der Waals surface area contributed by atoms with Crippen LogP contribution in [-0.4, -0.2) is 22.2 Å². The number of carboxylic acid groups (broad SMARTS) is 2. The maximum Gasteiger partial charge on any atom is 0.414 e. The first-order valence-electron chi connectivity index (χ1n) is 1.11. The van der Waals surface area contributed by atoms with E-state index in [4.69, 9.17) is 19.8 Å². The molecule has 50 valence electrons. The van der Waals surface area contributed by atoms with Crippen LogP contribution in [-0.2, 0) is 9.59 Å². The molecule has 0 fully saturated rings. The predicted octanol–water partition coefficient (Wildman–Crippen LogP) is -0.0463. The number of hydrogen-bond acceptors (Lipinski definition) is 3. The standard InChI is InChI=1S/C2H2O4.CH4.H3N/c3-1(4)2(5)6;;/h(H,3,4)(H,5,6);1H4;1H3. The minimum absolute atomic E-state index is 0. The Hall–Kier alpha value is -1.10. The van der Waals surface area contributed by atoms with Crippen molar-refractivity contribution < 1.29 is 19.8 Å². The molecule has 0 bridgehead atoms. The third kappa shape index (κ3) is 8.86. The van der Waals surface area contributed by atoms with Crippen molar-refractivity contribution in [3.05, 3.63) is 0 Å². The number of carboxylic acids is 2. The molecule has 5 N–H and O–H groups in total. The lowest BCUT2D eigenvalue weighted by atomic mass is 10.7. The molecule has 5 heteroatoms. The second-order valence-corrected chi connectivity index (χ2v) is 0.610. The highest BCUT2D eigenvalue weighted by molar-refractivity contribution is 6.27. The van der Waals surface area contributed by atoms with Crippen molar-refractivity contribution in [1.29, 1.82) is 0 Å². The van der Waals surface area contributed by atoms with Gasteiger partial charge in [-0.05, 0) is 0 Å². The Morgan fingerprint density at radius 1 is 1.00 bits per heavy atom. The summed E-state index contributed by atoms with van der Waals surface area (Å²) in [4.78, 5) is 18.2. The highest BCUT2D eigenvalue weighted by Gasteiger charge is 2.04. The van der Waals surface area contributed by atoms with Gasteiger partial charge in [0.15, 0.2) is 0 Å². The Labute approximate surface area is 46.5 Å². The second-order valence-electron chi connectivity index (χ2n) is 0.610. The van der Waals surface area contributed by atoms with Crippen molar-refractivity contribution in [2.75, 3.05) is 0 Å². The van der Waals surface area contributed by atoms with E-state index in [2.05, 4.69) is 0 Å². The third-order valence-electron chi connectivity index (χ3n) is 0.183. The van der Waals surface area contributed by atoms with E-state index >= 15 is 0 Å². The smallest absolute Gasteiger partial charge is 0.414 e. The fraction of sp³-hybridized carbons (Fsp3) is 0.333. The summed E-state index contributed by atoms with van der Waals surface area (Å²) in [5, 5.41) is 14.8. The van der Waals surface area contributed by atoms with Gasteiger partial charge in [0.25, 0.3) is 0 Å². The van der Waals surface area contributed by atoms with E-state index in [1.807, 2.05) is 0 Å². The van der Waals surface area contributed by atoms with Crippen molar-refractivity contribution >= 4 is 11.9 Å². The molecule has 0 heterocycles. The van der Waals surface area contributed by atoms with Gasteiger partial charge in [0.05, 0.1) is 0 Å². The third-order valence-corrected chi connectivity index (χ3v) is 0.183. The summed E-state index contributed by atoms with van der Waals surface area (Å²) in [6, 6.07) is 0. The minimum atomic E-state index is -1.82. The molecule has 0 atom stereocenters. The van der Waals surface area contributed by atoms with E-state index in [9.17, 15) is 0 Å². The molecule has 0 saturated heterocycles. The molecular weight excluding hydrogens is 114 g/mol. The van der Waals surface area contributed by atoms with Crippen LogP contribution >= 0.6 is 0 Å². The van der Waals surface area contributed by atoms with Crippen LogP contribution in [0.5, 0.6) is 0 Å². The van der Waals surface area contributed by atoms with Crippen LogP contribution in [0, 0.1) is 0 Å². The van der Waals surface area contributed by atoms with Gasteiger partial charge >= 0.3 is 11.9 Å². The second kappa shape index (κ2) is 5.90. The largest absolute Gasteiger partial charge is 0.473 e. The van der Waals surface area contributed by atoms with Gasteiger partial charge in [0, 0.05) is 0 Å². The zero-order chi connectivity index (χ0) is 5.15. The molecule has 0 unspecified atom stereocenters. The van der Waals surface area contributed by atoms with E-state index in [0.717, 1.165) is 0 Å². The summed E-state index contributed by atoms with van der Waals surface area (Å²) < 4.78 is 0. The molecule has 0 amide bonds. The predicted molar refractivity (Wildman–Crippen MR) is 27.0 cm³/mol. The summed E-state index contributed by atoms with van der Waals surface area (Å²) in [5.41, 5.74) is 0. The van der Waals surface area contributed by atoms with Gasteiger partial charge in [0.2, 0.25) is 0 Å². The summed E-state index contributed by atoms with van der Waals surface area (Å²) in [5.74, 6) is -3.65. The first-order valence-corrected chi connectivity index (χ1v) is 1.11. The molecule has 0 radical (unpaired) electrons. The zero-order valence-corrected chi connectivity index (χ0v) is 3.42. The van der Waals surface area contributed by atoms with Gasteiger partial charge < -0.3 is 16.4 Å². The summed E-state index contributed by atoms with van der Waals surface area (Å²) in [6.07, 6.45) is 0. The summed E-state index contributed by atoms with van der Waals surface area (Å²) in [6.45, 7) is 0. The van der Waals surface area contributed by atoms with Crippen LogP contribution in [0.2, 0.25) is 0 Å². The molecule has 0 spiro atoms. The van der Waals surface area contributed by atoms with E-state index < -0.39 is 11.9 Å². The van der Waals surface area contributed by atoms with Crippen LogP contribution in [0.15, 0.2) is 0 Å². The van der Waals surface area contributed by atoms with E-state index in [0.29, 0.717) is 0 Å². The zero-order valence-electron chi connectivity index (χ0n) is 3.42. The topological polar surface area (TPSA) is 110 Å². The average molecular weight is 123 g/mol. The molecule has 0 aliphatic carbocycles. The molecule has 0 aliphatic rings. The molecule has 0 rings (SSSR count). The minimum Gasteiger partial charge on any atom is -0.473 e. The van der Waals surface area contributed by atoms with Crippen molar-refractivity contribution in [2.45, 2.75) is 7.43 Å². The van der Waals surface area contributed by atoms with Crippen molar-refractivity contribution in [3.8, 4) is 0 Å². The first kappa shape index (κ1) is 15.8. The van der Waals surface area contributed by atoms with E-state index in [-0.39, 0.29) is 13.6 Å². The van der Waals surface area contributed by atoms with Gasteiger partial charge in [-0.1, -0.05) is 7.43 Å². The Kier molecular flexibility index (Phi) is 11.6.